The summed E-state index contributed by atoms with van der Waals surface area (Å²) in [5, 5.41) is 5.43. The number of nitrogens with two attached hydrogens (primary N) is 1. The van der Waals surface area contributed by atoms with Crippen LogP contribution in [-0.4, -0.2) is 24.4 Å². The molecule has 6 heteroatoms. The lowest BCUT2D eigenvalue weighted by Gasteiger charge is -2.07. The van der Waals surface area contributed by atoms with E-state index in [4.69, 9.17) is 5.73 Å². The van der Waals surface area contributed by atoms with Gasteiger partial charge in [0.1, 0.15) is 0 Å². The first-order chi connectivity index (χ1) is 9.15. The summed E-state index contributed by atoms with van der Waals surface area (Å²) in [6.07, 6.45) is 3.02. The average Bonchev–Trinajstić information content (AvgIpc) is 3.19. The predicted octanol–water partition coefficient (Wildman–Crippen LogP) is 1.02. The molecule has 2 rings (SSSR count). The van der Waals surface area contributed by atoms with E-state index < -0.39 is 0 Å². The second kappa shape index (κ2) is 7.75. The zero-order chi connectivity index (χ0) is 13.7. The molecule has 5 nitrogen and oxygen atoms in total. The maximum atomic E-state index is 11.6. The van der Waals surface area contributed by atoms with Gasteiger partial charge in [0.15, 0.2) is 0 Å². The van der Waals surface area contributed by atoms with Gasteiger partial charge in [0.2, 0.25) is 11.8 Å². The number of nitrogen functional groups attached to an aromatic ring is 1. The Kier molecular flexibility index (Phi) is 6.31. The maximum Gasteiger partial charge on any atom is 0.239 e. The van der Waals surface area contributed by atoms with Gasteiger partial charge in [-0.05, 0) is 30.9 Å². The lowest BCUT2D eigenvalue weighted by Crippen LogP contribution is -2.37. The molecule has 1 aliphatic carbocycles. The number of carbonyl (C=O) groups is 2. The molecule has 0 unspecified atom stereocenters. The normalized spacial score (nSPS) is 13.2. The Balaban J connectivity index is 0.00000200. The number of hydrogen-bond donors (Lipinski definition) is 3. The van der Waals surface area contributed by atoms with E-state index >= 15 is 0 Å². The first-order valence-electron chi connectivity index (χ1n) is 6.54. The van der Waals surface area contributed by atoms with E-state index in [1.807, 2.05) is 24.3 Å². The van der Waals surface area contributed by atoms with Crippen LogP contribution in [0.4, 0.5) is 5.69 Å². The van der Waals surface area contributed by atoms with E-state index in [2.05, 4.69) is 10.6 Å². The standard InChI is InChI=1S/C14H19N3O2.ClH/c15-12-4-2-1-3-10(12)5-8-13(18)16-9-14(19)17-11-6-7-11;/h1-4,11H,5-9,15H2,(H,16,18)(H,17,19);1H. The molecule has 1 aromatic rings. The Labute approximate surface area is 124 Å². The van der Waals surface area contributed by atoms with Crippen molar-refractivity contribution >= 4 is 29.9 Å². The van der Waals surface area contributed by atoms with Crippen LogP contribution < -0.4 is 16.4 Å². The summed E-state index contributed by atoms with van der Waals surface area (Å²) in [5.74, 6) is -0.246. The topological polar surface area (TPSA) is 84.2 Å². The minimum atomic E-state index is -0.130. The number of aryl methyl sites for hydroxylation is 1. The summed E-state index contributed by atoms with van der Waals surface area (Å²) in [7, 11) is 0. The van der Waals surface area contributed by atoms with Crippen molar-refractivity contribution in [2.75, 3.05) is 12.3 Å². The quantitative estimate of drug-likeness (QED) is 0.685. The largest absolute Gasteiger partial charge is 0.399 e. The van der Waals surface area contributed by atoms with Gasteiger partial charge in [-0.1, -0.05) is 18.2 Å². The van der Waals surface area contributed by atoms with Crippen molar-refractivity contribution in [3.8, 4) is 0 Å². The minimum absolute atomic E-state index is 0. The minimum Gasteiger partial charge on any atom is -0.399 e. The van der Waals surface area contributed by atoms with Gasteiger partial charge in [-0.2, -0.15) is 0 Å². The Bertz CT molecular complexity index is 475. The molecule has 0 aliphatic heterocycles. The van der Waals surface area contributed by atoms with E-state index in [0.29, 0.717) is 24.6 Å². The lowest BCUT2D eigenvalue weighted by molar-refractivity contribution is -0.126. The summed E-state index contributed by atoms with van der Waals surface area (Å²) in [6, 6.07) is 7.81. The van der Waals surface area contributed by atoms with Gasteiger partial charge >= 0.3 is 0 Å². The highest BCUT2D eigenvalue weighted by Gasteiger charge is 2.23. The van der Waals surface area contributed by atoms with Gasteiger partial charge in [0.05, 0.1) is 6.54 Å². The Morgan fingerprint density at radius 1 is 1.20 bits per heavy atom. The zero-order valence-electron chi connectivity index (χ0n) is 11.2. The maximum absolute atomic E-state index is 11.6. The summed E-state index contributed by atoms with van der Waals surface area (Å²) in [6.45, 7) is 0.0552. The Hall–Kier alpha value is -1.75. The van der Waals surface area contributed by atoms with Gasteiger partial charge in [0, 0.05) is 18.2 Å². The van der Waals surface area contributed by atoms with Gasteiger partial charge in [-0.25, -0.2) is 0 Å². The van der Waals surface area contributed by atoms with Crippen molar-refractivity contribution in [1.29, 1.82) is 0 Å². The highest BCUT2D eigenvalue weighted by atomic mass is 35.5. The predicted molar refractivity (Wildman–Crippen MR) is 80.6 cm³/mol. The van der Waals surface area contributed by atoms with E-state index in [9.17, 15) is 9.59 Å². The van der Waals surface area contributed by atoms with Crippen LogP contribution in [0.2, 0.25) is 0 Å². The molecule has 1 saturated carbocycles. The molecule has 4 N–H and O–H groups in total. The molecule has 20 heavy (non-hydrogen) atoms. The van der Waals surface area contributed by atoms with E-state index in [1.165, 1.54) is 0 Å². The molecule has 0 bridgehead atoms. The van der Waals surface area contributed by atoms with Crippen molar-refractivity contribution in [2.45, 2.75) is 31.7 Å². The number of para-hydroxylation sites is 1. The number of anilines is 1. The third-order valence-corrected chi connectivity index (χ3v) is 3.07. The summed E-state index contributed by atoms with van der Waals surface area (Å²) in [4.78, 5) is 23.0. The van der Waals surface area contributed by atoms with Crippen molar-refractivity contribution < 1.29 is 9.59 Å². The molecule has 0 atom stereocenters. The van der Waals surface area contributed by atoms with Crippen molar-refractivity contribution in [3.63, 3.8) is 0 Å². The molecule has 1 aliphatic rings. The van der Waals surface area contributed by atoms with Gasteiger partial charge in [-0.3, -0.25) is 9.59 Å². The van der Waals surface area contributed by atoms with Crippen LogP contribution in [0.25, 0.3) is 0 Å². The molecule has 2 amide bonds. The number of rotatable bonds is 6. The Morgan fingerprint density at radius 3 is 2.55 bits per heavy atom. The number of carbonyl (C=O) groups excluding carboxylic acids is 2. The average molecular weight is 298 g/mol. The monoisotopic (exact) mass is 297 g/mol. The van der Waals surface area contributed by atoms with Crippen LogP contribution in [0.5, 0.6) is 0 Å². The van der Waals surface area contributed by atoms with Crippen molar-refractivity contribution in [2.24, 2.45) is 0 Å². The molecule has 0 radical (unpaired) electrons. The molecule has 1 aromatic carbocycles. The fourth-order valence-electron chi connectivity index (χ4n) is 1.78. The van der Waals surface area contributed by atoms with Crippen LogP contribution in [-0.2, 0) is 16.0 Å². The van der Waals surface area contributed by atoms with Crippen molar-refractivity contribution in [3.05, 3.63) is 29.8 Å². The Morgan fingerprint density at radius 2 is 1.90 bits per heavy atom. The summed E-state index contributed by atoms with van der Waals surface area (Å²) in [5.41, 5.74) is 7.45. The van der Waals surface area contributed by atoms with Crippen LogP contribution in [0.1, 0.15) is 24.8 Å². The fourth-order valence-corrected chi connectivity index (χ4v) is 1.78. The third-order valence-electron chi connectivity index (χ3n) is 3.07. The second-order valence-corrected chi connectivity index (χ2v) is 4.82. The van der Waals surface area contributed by atoms with Gasteiger partial charge in [0.25, 0.3) is 0 Å². The first kappa shape index (κ1) is 16.3. The summed E-state index contributed by atoms with van der Waals surface area (Å²) < 4.78 is 0. The highest BCUT2D eigenvalue weighted by Crippen LogP contribution is 2.18. The van der Waals surface area contributed by atoms with Gasteiger partial charge < -0.3 is 16.4 Å². The second-order valence-electron chi connectivity index (χ2n) is 4.82. The smallest absolute Gasteiger partial charge is 0.239 e. The highest BCUT2D eigenvalue weighted by molar-refractivity contribution is 5.85. The molecule has 1 fully saturated rings. The number of nitrogens with one attached hydrogen (secondary N) is 2. The van der Waals surface area contributed by atoms with Crippen LogP contribution in [0.3, 0.4) is 0 Å². The number of hydrogen-bond acceptors (Lipinski definition) is 3. The zero-order valence-corrected chi connectivity index (χ0v) is 12.0. The molecule has 0 saturated heterocycles. The lowest BCUT2D eigenvalue weighted by atomic mass is 10.1. The SMILES string of the molecule is Cl.Nc1ccccc1CCC(=O)NCC(=O)NC1CC1. The number of benzene rings is 1. The number of halogens is 1. The molecular weight excluding hydrogens is 278 g/mol. The molecule has 0 spiro atoms. The van der Waals surface area contributed by atoms with E-state index in [1.54, 1.807) is 0 Å². The van der Waals surface area contributed by atoms with E-state index in [-0.39, 0.29) is 30.8 Å². The molecule has 0 heterocycles. The van der Waals surface area contributed by atoms with Crippen LogP contribution in [0, 0.1) is 0 Å². The molecule has 110 valence electrons. The van der Waals surface area contributed by atoms with E-state index in [0.717, 1.165) is 18.4 Å². The van der Waals surface area contributed by atoms with Crippen molar-refractivity contribution in [1.82, 2.24) is 10.6 Å². The summed E-state index contributed by atoms with van der Waals surface area (Å²) >= 11 is 0. The first-order valence-corrected chi connectivity index (χ1v) is 6.54. The molecular formula is C14H20ClN3O2. The van der Waals surface area contributed by atoms with Crippen LogP contribution in [0.15, 0.2) is 24.3 Å². The van der Waals surface area contributed by atoms with Crippen LogP contribution >= 0.6 is 12.4 Å². The fraction of sp³-hybridized carbons (Fsp3) is 0.429. The third kappa shape index (κ3) is 5.48. The number of amides is 2. The molecule has 0 aromatic heterocycles. The van der Waals surface area contributed by atoms with Gasteiger partial charge in [-0.15, -0.1) is 12.4 Å².